The van der Waals surface area contributed by atoms with Gasteiger partial charge in [-0.1, -0.05) is 13.0 Å². The van der Waals surface area contributed by atoms with Crippen LogP contribution in [0.4, 0.5) is 0 Å². The summed E-state index contributed by atoms with van der Waals surface area (Å²) in [6.07, 6.45) is 3.55. The number of fused-ring (bicyclic) bond motifs is 1. The third kappa shape index (κ3) is 2.39. The fourth-order valence-corrected chi connectivity index (χ4v) is 2.43. The van der Waals surface area contributed by atoms with Crippen LogP contribution >= 0.6 is 0 Å². The molecule has 1 aromatic heterocycles. The summed E-state index contributed by atoms with van der Waals surface area (Å²) >= 11 is 0. The van der Waals surface area contributed by atoms with Crippen LogP contribution in [0, 0.1) is 5.41 Å². The van der Waals surface area contributed by atoms with Crippen LogP contribution in [0.2, 0.25) is 0 Å². The lowest BCUT2D eigenvalue weighted by atomic mass is 10.1. The van der Waals surface area contributed by atoms with E-state index in [0.717, 1.165) is 17.4 Å². The molecule has 0 unspecified atom stereocenters. The maximum absolute atomic E-state index is 12.3. The number of hydrogen-bond acceptors (Lipinski definition) is 3. The van der Waals surface area contributed by atoms with Crippen molar-refractivity contribution in [2.75, 3.05) is 6.54 Å². The number of hydrogen-bond donors (Lipinski definition) is 2. The predicted molar refractivity (Wildman–Crippen MR) is 77.2 cm³/mol. The minimum absolute atomic E-state index is 0.168. The summed E-state index contributed by atoms with van der Waals surface area (Å²) in [5.74, 6) is -1.12. The van der Waals surface area contributed by atoms with Crippen LogP contribution < -0.4 is 5.32 Å². The van der Waals surface area contributed by atoms with Crippen LogP contribution in [-0.4, -0.2) is 23.5 Å². The molecule has 21 heavy (non-hydrogen) atoms. The largest absolute Gasteiger partial charge is 0.481 e. The zero-order chi connectivity index (χ0) is 15.0. The molecule has 1 saturated carbocycles. The number of benzene rings is 1. The second kappa shape index (κ2) is 4.91. The van der Waals surface area contributed by atoms with E-state index in [4.69, 9.17) is 9.52 Å². The van der Waals surface area contributed by atoms with Gasteiger partial charge in [-0.3, -0.25) is 9.59 Å². The minimum atomic E-state index is -0.840. The van der Waals surface area contributed by atoms with Crippen molar-refractivity contribution in [1.29, 1.82) is 0 Å². The van der Waals surface area contributed by atoms with Gasteiger partial charge in [-0.15, -0.1) is 0 Å². The van der Waals surface area contributed by atoms with Crippen molar-refractivity contribution in [3.63, 3.8) is 0 Å². The van der Waals surface area contributed by atoms with Crippen LogP contribution in [0.1, 0.15) is 35.7 Å². The standard InChI is InChI=1S/C16H17NO4/c1-2-10-3-4-13-11(7-10)12(8-21-13)14(18)17-9-16(5-6-16)15(19)20/h3-4,7-8H,2,5-6,9H2,1H3,(H,17,18)(H,19,20). The van der Waals surface area contributed by atoms with Gasteiger partial charge < -0.3 is 14.8 Å². The average molecular weight is 287 g/mol. The van der Waals surface area contributed by atoms with Gasteiger partial charge in [0.25, 0.3) is 5.91 Å². The molecule has 0 aliphatic heterocycles. The van der Waals surface area contributed by atoms with Crippen molar-refractivity contribution in [3.05, 3.63) is 35.6 Å². The maximum Gasteiger partial charge on any atom is 0.311 e. The summed E-state index contributed by atoms with van der Waals surface area (Å²) < 4.78 is 5.39. The molecule has 1 fully saturated rings. The van der Waals surface area contributed by atoms with E-state index in [9.17, 15) is 9.59 Å². The minimum Gasteiger partial charge on any atom is -0.481 e. The monoisotopic (exact) mass is 287 g/mol. The summed E-state index contributed by atoms with van der Waals surface area (Å²) in [5, 5.41) is 12.6. The molecule has 5 nitrogen and oxygen atoms in total. The molecular formula is C16H17NO4. The average Bonchev–Trinajstić information content (AvgIpc) is 3.17. The molecule has 1 aliphatic carbocycles. The topological polar surface area (TPSA) is 79.5 Å². The molecule has 0 bridgehead atoms. The van der Waals surface area contributed by atoms with Gasteiger partial charge in [0, 0.05) is 11.9 Å². The second-order valence-corrected chi connectivity index (χ2v) is 5.60. The number of amides is 1. The fraction of sp³-hybridized carbons (Fsp3) is 0.375. The van der Waals surface area contributed by atoms with Crippen LogP contribution in [0.3, 0.4) is 0 Å². The molecule has 0 radical (unpaired) electrons. The van der Waals surface area contributed by atoms with Gasteiger partial charge in [0.1, 0.15) is 11.8 Å². The van der Waals surface area contributed by atoms with Gasteiger partial charge in [0.05, 0.1) is 11.0 Å². The third-order valence-corrected chi connectivity index (χ3v) is 4.19. The first-order chi connectivity index (χ1) is 10.1. The Bertz CT molecular complexity index is 712. The van der Waals surface area contributed by atoms with Gasteiger partial charge in [0.15, 0.2) is 0 Å². The van der Waals surface area contributed by atoms with Crippen molar-refractivity contribution >= 4 is 22.8 Å². The van der Waals surface area contributed by atoms with E-state index in [0.29, 0.717) is 24.0 Å². The highest BCUT2D eigenvalue weighted by Crippen LogP contribution is 2.45. The Morgan fingerprint density at radius 1 is 1.38 bits per heavy atom. The smallest absolute Gasteiger partial charge is 0.311 e. The molecule has 110 valence electrons. The molecule has 1 amide bonds. The molecule has 0 spiro atoms. The summed E-state index contributed by atoms with van der Waals surface area (Å²) in [6.45, 7) is 2.21. The first-order valence-corrected chi connectivity index (χ1v) is 7.07. The normalized spacial score (nSPS) is 15.9. The molecule has 2 aromatic rings. The van der Waals surface area contributed by atoms with Crippen LogP contribution in [-0.2, 0) is 11.2 Å². The summed E-state index contributed by atoms with van der Waals surface area (Å²) in [5.41, 5.74) is 1.49. The highest BCUT2D eigenvalue weighted by Gasteiger charge is 2.50. The zero-order valence-electron chi connectivity index (χ0n) is 11.8. The number of carboxylic acid groups (broad SMARTS) is 1. The van der Waals surface area contributed by atoms with Crippen molar-refractivity contribution in [3.8, 4) is 0 Å². The highest BCUT2D eigenvalue weighted by molar-refractivity contribution is 6.06. The van der Waals surface area contributed by atoms with Gasteiger partial charge in [0.2, 0.25) is 0 Å². The zero-order valence-corrected chi connectivity index (χ0v) is 11.8. The SMILES string of the molecule is CCc1ccc2occ(C(=O)NCC3(C(=O)O)CC3)c2c1. The number of nitrogens with one attached hydrogen (secondary N) is 1. The van der Waals surface area contributed by atoms with E-state index in [2.05, 4.69) is 5.32 Å². The van der Waals surface area contributed by atoms with Crippen LogP contribution in [0.5, 0.6) is 0 Å². The Morgan fingerprint density at radius 2 is 2.14 bits per heavy atom. The highest BCUT2D eigenvalue weighted by atomic mass is 16.4. The lowest BCUT2D eigenvalue weighted by Gasteiger charge is -2.10. The number of aryl methyl sites for hydroxylation is 1. The Balaban J connectivity index is 1.80. The van der Waals surface area contributed by atoms with Crippen molar-refractivity contribution < 1.29 is 19.1 Å². The predicted octanol–water partition coefficient (Wildman–Crippen LogP) is 2.59. The summed E-state index contributed by atoms with van der Waals surface area (Å²) in [4.78, 5) is 23.4. The van der Waals surface area contributed by atoms with E-state index in [1.54, 1.807) is 0 Å². The van der Waals surface area contributed by atoms with E-state index in [-0.39, 0.29) is 12.5 Å². The second-order valence-electron chi connectivity index (χ2n) is 5.60. The van der Waals surface area contributed by atoms with Crippen LogP contribution in [0.15, 0.2) is 28.9 Å². The maximum atomic E-state index is 12.3. The lowest BCUT2D eigenvalue weighted by Crippen LogP contribution is -2.34. The van der Waals surface area contributed by atoms with Gasteiger partial charge >= 0.3 is 5.97 Å². The van der Waals surface area contributed by atoms with E-state index < -0.39 is 11.4 Å². The van der Waals surface area contributed by atoms with Crippen molar-refractivity contribution in [2.45, 2.75) is 26.2 Å². The third-order valence-electron chi connectivity index (χ3n) is 4.19. The Hall–Kier alpha value is -2.30. The quantitative estimate of drug-likeness (QED) is 0.885. The molecular weight excluding hydrogens is 270 g/mol. The number of carbonyl (C=O) groups is 2. The molecule has 0 atom stereocenters. The first-order valence-electron chi connectivity index (χ1n) is 7.07. The van der Waals surface area contributed by atoms with Gasteiger partial charge in [-0.2, -0.15) is 0 Å². The Labute approximate surface area is 121 Å². The molecule has 1 aliphatic rings. The molecule has 1 aromatic carbocycles. The van der Waals surface area contributed by atoms with E-state index in [1.807, 2.05) is 25.1 Å². The van der Waals surface area contributed by atoms with Gasteiger partial charge in [-0.25, -0.2) is 0 Å². The van der Waals surface area contributed by atoms with E-state index in [1.165, 1.54) is 6.26 Å². The fourth-order valence-electron chi connectivity index (χ4n) is 2.43. The molecule has 2 N–H and O–H groups in total. The number of aliphatic carboxylic acids is 1. The lowest BCUT2D eigenvalue weighted by molar-refractivity contribution is -0.143. The molecule has 5 heteroatoms. The Morgan fingerprint density at radius 3 is 2.76 bits per heavy atom. The van der Waals surface area contributed by atoms with Crippen LogP contribution in [0.25, 0.3) is 11.0 Å². The summed E-state index contributed by atoms with van der Waals surface area (Å²) in [6, 6.07) is 5.76. The van der Waals surface area contributed by atoms with E-state index >= 15 is 0 Å². The number of carboxylic acids is 1. The number of rotatable bonds is 5. The Kier molecular flexibility index (Phi) is 3.20. The number of carbonyl (C=O) groups excluding carboxylic acids is 1. The van der Waals surface area contributed by atoms with Crippen molar-refractivity contribution in [2.24, 2.45) is 5.41 Å². The van der Waals surface area contributed by atoms with Gasteiger partial charge in [-0.05, 0) is 37.0 Å². The molecule has 0 saturated heterocycles. The molecule has 3 rings (SSSR count). The number of furan rings is 1. The van der Waals surface area contributed by atoms with Crippen molar-refractivity contribution in [1.82, 2.24) is 5.32 Å². The molecule has 1 heterocycles. The summed E-state index contributed by atoms with van der Waals surface area (Å²) in [7, 11) is 0. The first kappa shape index (κ1) is 13.7.